The monoisotopic (exact) mass is 168 g/mol. The van der Waals surface area contributed by atoms with E-state index in [0.717, 1.165) is 25.2 Å². The van der Waals surface area contributed by atoms with Gasteiger partial charge in [-0.1, -0.05) is 6.42 Å². The molecule has 1 spiro atoms. The van der Waals surface area contributed by atoms with Gasteiger partial charge in [-0.05, 0) is 31.6 Å². The molecule has 3 rings (SSSR count). The van der Waals surface area contributed by atoms with E-state index in [1.54, 1.807) is 0 Å². The molecule has 2 bridgehead atoms. The van der Waals surface area contributed by atoms with Crippen molar-refractivity contribution in [3.63, 3.8) is 0 Å². The molecule has 0 aromatic heterocycles. The molecule has 2 saturated heterocycles. The molecule has 12 heavy (non-hydrogen) atoms. The highest BCUT2D eigenvalue weighted by atomic mass is 16.6. The number of aliphatic hydroxyl groups is 1. The lowest BCUT2D eigenvalue weighted by Crippen LogP contribution is -2.43. The molecular formula is C10H16O2. The maximum Gasteiger partial charge on any atom is 0.166 e. The Bertz CT molecular complexity index is 212. The summed E-state index contributed by atoms with van der Waals surface area (Å²) in [5, 5.41) is 9.94. The van der Waals surface area contributed by atoms with E-state index < -0.39 is 5.79 Å². The zero-order chi connectivity index (χ0) is 8.23. The molecule has 0 aromatic rings. The molecule has 1 N–H and O–H groups in total. The van der Waals surface area contributed by atoms with Crippen LogP contribution in [0.2, 0.25) is 0 Å². The van der Waals surface area contributed by atoms with Crippen molar-refractivity contribution in [1.82, 2.24) is 0 Å². The molecule has 0 aromatic carbocycles. The Balaban J connectivity index is 1.96. The van der Waals surface area contributed by atoms with Crippen molar-refractivity contribution < 1.29 is 9.84 Å². The second kappa shape index (κ2) is 2.05. The summed E-state index contributed by atoms with van der Waals surface area (Å²) in [5.41, 5.74) is 0.118. The first kappa shape index (κ1) is 7.34. The van der Waals surface area contributed by atoms with Gasteiger partial charge in [0.2, 0.25) is 0 Å². The fourth-order valence-electron chi connectivity index (χ4n) is 3.45. The van der Waals surface area contributed by atoms with Crippen molar-refractivity contribution in [1.29, 1.82) is 0 Å². The Labute approximate surface area is 72.9 Å². The van der Waals surface area contributed by atoms with Gasteiger partial charge in [0.15, 0.2) is 5.79 Å². The largest absolute Gasteiger partial charge is 0.365 e. The first-order valence-electron chi connectivity index (χ1n) is 5.15. The third-order valence-corrected chi connectivity index (χ3v) is 4.11. The van der Waals surface area contributed by atoms with E-state index in [-0.39, 0.29) is 5.60 Å². The van der Waals surface area contributed by atoms with Gasteiger partial charge in [-0.15, -0.1) is 0 Å². The molecule has 3 atom stereocenters. The van der Waals surface area contributed by atoms with Crippen molar-refractivity contribution >= 4 is 0 Å². The summed E-state index contributed by atoms with van der Waals surface area (Å²) in [7, 11) is 0. The Kier molecular flexibility index (Phi) is 1.25. The molecule has 1 aliphatic carbocycles. The van der Waals surface area contributed by atoms with E-state index in [0.29, 0.717) is 0 Å². The first-order valence-corrected chi connectivity index (χ1v) is 5.15. The van der Waals surface area contributed by atoms with Gasteiger partial charge in [0.25, 0.3) is 0 Å². The van der Waals surface area contributed by atoms with Crippen molar-refractivity contribution in [2.75, 3.05) is 0 Å². The number of hydrogen-bond donors (Lipinski definition) is 1. The summed E-state index contributed by atoms with van der Waals surface area (Å²) < 4.78 is 5.85. The van der Waals surface area contributed by atoms with Crippen LogP contribution in [0, 0.1) is 5.92 Å². The average Bonchev–Trinajstić information content (AvgIpc) is 2.55. The Hall–Kier alpha value is -0.0800. The zero-order valence-corrected chi connectivity index (χ0v) is 7.38. The molecule has 0 unspecified atom stereocenters. The molecule has 0 radical (unpaired) electrons. The molecule has 0 amide bonds. The molecule has 68 valence electrons. The highest BCUT2D eigenvalue weighted by Gasteiger charge is 2.57. The predicted octanol–water partition coefficient (Wildman–Crippen LogP) is 1.82. The minimum atomic E-state index is -0.721. The average molecular weight is 168 g/mol. The lowest BCUT2D eigenvalue weighted by Gasteiger charge is -2.39. The van der Waals surface area contributed by atoms with Gasteiger partial charge in [0.1, 0.15) is 0 Å². The van der Waals surface area contributed by atoms with Crippen LogP contribution in [0.1, 0.15) is 44.9 Å². The molecule has 3 fully saturated rings. The van der Waals surface area contributed by atoms with Crippen LogP contribution in [0.25, 0.3) is 0 Å². The van der Waals surface area contributed by atoms with Crippen LogP contribution in [0.5, 0.6) is 0 Å². The van der Waals surface area contributed by atoms with Crippen LogP contribution in [0.4, 0.5) is 0 Å². The van der Waals surface area contributed by atoms with Gasteiger partial charge >= 0.3 is 0 Å². The van der Waals surface area contributed by atoms with Gasteiger partial charge < -0.3 is 9.84 Å². The van der Waals surface area contributed by atoms with Gasteiger partial charge in [-0.2, -0.15) is 0 Å². The van der Waals surface area contributed by atoms with Crippen LogP contribution in [-0.2, 0) is 4.74 Å². The number of ether oxygens (including phenoxy) is 1. The first-order chi connectivity index (χ1) is 5.73. The molecule has 2 nitrogen and oxygen atoms in total. The topological polar surface area (TPSA) is 29.5 Å². The lowest BCUT2D eigenvalue weighted by atomic mass is 9.86. The Morgan fingerprint density at radius 1 is 1.08 bits per heavy atom. The lowest BCUT2D eigenvalue weighted by molar-refractivity contribution is -0.259. The number of fused-ring (bicyclic) bond motifs is 1. The standard InChI is InChI=1S/C10H16O2/c11-10-5-3-8-2-1-4-9(8,12-10)6-7-10/h8,11H,1-7H2/t8-,9+,10+/m1/s1. The summed E-state index contributed by atoms with van der Waals surface area (Å²) in [6, 6.07) is 0. The Morgan fingerprint density at radius 2 is 2.00 bits per heavy atom. The van der Waals surface area contributed by atoms with Gasteiger partial charge in [0, 0.05) is 12.8 Å². The van der Waals surface area contributed by atoms with E-state index in [9.17, 15) is 5.11 Å². The molecule has 1 saturated carbocycles. The number of hydrogen-bond acceptors (Lipinski definition) is 2. The van der Waals surface area contributed by atoms with Gasteiger partial charge in [-0.25, -0.2) is 0 Å². The smallest absolute Gasteiger partial charge is 0.166 e. The summed E-state index contributed by atoms with van der Waals surface area (Å²) in [5.74, 6) is 0.0428. The van der Waals surface area contributed by atoms with Crippen molar-refractivity contribution in [2.45, 2.75) is 56.3 Å². The van der Waals surface area contributed by atoms with Crippen LogP contribution in [-0.4, -0.2) is 16.5 Å². The fraction of sp³-hybridized carbons (Fsp3) is 1.00. The second-order valence-electron chi connectivity index (χ2n) is 4.74. The van der Waals surface area contributed by atoms with Gasteiger partial charge in [0.05, 0.1) is 5.60 Å². The molecule has 2 aliphatic heterocycles. The minimum absolute atomic E-state index is 0.118. The molecule has 3 aliphatic rings. The third kappa shape index (κ3) is 0.775. The minimum Gasteiger partial charge on any atom is -0.365 e. The van der Waals surface area contributed by atoms with Crippen molar-refractivity contribution in [2.24, 2.45) is 5.92 Å². The summed E-state index contributed by atoms with van der Waals surface area (Å²) in [4.78, 5) is 0. The highest BCUT2D eigenvalue weighted by molar-refractivity contribution is 5.04. The van der Waals surface area contributed by atoms with Gasteiger partial charge in [-0.3, -0.25) is 0 Å². The van der Waals surface area contributed by atoms with E-state index in [1.165, 1.54) is 25.7 Å². The Morgan fingerprint density at radius 3 is 2.92 bits per heavy atom. The SMILES string of the molecule is O[C@]12CC[C@H]3CCC[C@@]3(CC1)O2. The van der Waals surface area contributed by atoms with Crippen LogP contribution >= 0.6 is 0 Å². The van der Waals surface area contributed by atoms with Crippen LogP contribution in [0.15, 0.2) is 0 Å². The zero-order valence-electron chi connectivity index (χ0n) is 7.38. The van der Waals surface area contributed by atoms with Crippen LogP contribution in [0.3, 0.4) is 0 Å². The van der Waals surface area contributed by atoms with E-state index in [4.69, 9.17) is 4.74 Å². The van der Waals surface area contributed by atoms with E-state index in [1.807, 2.05) is 0 Å². The highest BCUT2D eigenvalue weighted by Crippen LogP contribution is 2.56. The maximum absolute atomic E-state index is 9.94. The van der Waals surface area contributed by atoms with E-state index in [2.05, 4.69) is 0 Å². The third-order valence-electron chi connectivity index (χ3n) is 4.11. The van der Waals surface area contributed by atoms with Crippen LogP contribution < -0.4 is 0 Å². The normalized spacial score (nSPS) is 57.2. The number of rotatable bonds is 0. The predicted molar refractivity (Wildman–Crippen MR) is 44.6 cm³/mol. The maximum atomic E-state index is 9.94. The summed E-state index contributed by atoms with van der Waals surface area (Å²) in [6.07, 6.45) is 7.88. The second-order valence-corrected chi connectivity index (χ2v) is 4.74. The molecule has 2 heterocycles. The molecule has 2 heteroatoms. The molecular weight excluding hydrogens is 152 g/mol. The summed E-state index contributed by atoms with van der Waals surface area (Å²) in [6.45, 7) is 0. The summed E-state index contributed by atoms with van der Waals surface area (Å²) >= 11 is 0. The van der Waals surface area contributed by atoms with Crippen molar-refractivity contribution in [3.05, 3.63) is 0 Å². The fourth-order valence-corrected chi connectivity index (χ4v) is 3.45. The quantitative estimate of drug-likeness (QED) is 0.598. The van der Waals surface area contributed by atoms with Crippen molar-refractivity contribution in [3.8, 4) is 0 Å². The van der Waals surface area contributed by atoms with E-state index >= 15 is 0 Å².